The normalized spacial score (nSPS) is 9.57. The molecule has 0 aromatic rings. The number of rotatable bonds is 2. The van der Waals surface area contributed by atoms with Crippen molar-refractivity contribution in [1.29, 1.82) is 0 Å². The SMILES string of the molecule is C[SiH](C)CC(=O)O. The van der Waals surface area contributed by atoms with Gasteiger partial charge < -0.3 is 5.11 Å². The van der Waals surface area contributed by atoms with Crippen molar-refractivity contribution in [2.24, 2.45) is 0 Å². The van der Waals surface area contributed by atoms with Crippen LogP contribution in [0.3, 0.4) is 0 Å². The Kier molecular flexibility index (Phi) is 2.67. The van der Waals surface area contributed by atoms with Gasteiger partial charge in [0.05, 0.1) is 0 Å². The Balaban J connectivity index is 3.13. The van der Waals surface area contributed by atoms with Gasteiger partial charge >= 0.3 is 0 Å². The molecular weight excluding hydrogens is 108 g/mol. The minimum atomic E-state index is -0.828. The lowest BCUT2D eigenvalue weighted by molar-refractivity contribution is -0.134. The monoisotopic (exact) mass is 118 g/mol. The van der Waals surface area contributed by atoms with Crippen molar-refractivity contribution in [3.8, 4) is 0 Å². The predicted molar refractivity (Wildman–Crippen MR) is 31.3 cm³/mol. The summed E-state index contributed by atoms with van der Waals surface area (Å²) in [6.07, 6.45) is 0. The molecule has 1 N–H and O–H groups in total. The van der Waals surface area contributed by atoms with Crippen molar-refractivity contribution in [1.82, 2.24) is 0 Å². The summed E-state index contributed by atoms with van der Waals surface area (Å²) < 4.78 is 0. The van der Waals surface area contributed by atoms with Crippen LogP contribution in [0.15, 0.2) is 0 Å². The Hall–Kier alpha value is -0.313. The summed E-state index contributed by atoms with van der Waals surface area (Å²) in [5, 5.41) is 8.12. The van der Waals surface area contributed by atoms with Gasteiger partial charge in [0.25, 0.3) is 5.97 Å². The fraction of sp³-hybridized carbons (Fsp3) is 0.750. The van der Waals surface area contributed by atoms with Crippen LogP contribution in [0.1, 0.15) is 0 Å². The predicted octanol–water partition coefficient (Wildman–Crippen LogP) is 0.558. The summed E-state index contributed by atoms with van der Waals surface area (Å²) in [5.41, 5.74) is 0. The molecule has 0 rings (SSSR count). The summed E-state index contributed by atoms with van der Waals surface area (Å²) in [6.45, 7) is 4.04. The van der Waals surface area contributed by atoms with E-state index in [0.717, 1.165) is 0 Å². The maximum absolute atomic E-state index is 9.84. The Morgan fingerprint density at radius 2 is 2.14 bits per heavy atom. The highest BCUT2D eigenvalue weighted by atomic mass is 28.3. The topological polar surface area (TPSA) is 37.3 Å². The van der Waals surface area contributed by atoms with Gasteiger partial charge in [-0.3, -0.25) is 4.79 Å². The van der Waals surface area contributed by atoms with Gasteiger partial charge in [0.2, 0.25) is 0 Å². The third-order valence-corrected chi connectivity index (χ3v) is 1.75. The molecule has 0 atom stereocenters. The average molecular weight is 118 g/mol. The van der Waals surface area contributed by atoms with E-state index in [9.17, 15) is 4.79 Å². The second-order valence-corrected chi connectivity index (χ2v) is 5.19. The van der Waals surface area contributed by atoms with Crippen LogP contribution in [-0.4, -0.2) is 19.9 Å². The zero-order valence-electron chi connectivity index (χ0n) is 4.64. The van der Waals surface area contributed by atoms with E-state index in [-0.39, 0.29) is 0 Å². The van der Waals surface area contributed by atoms with Crippen LogP contribution in [0.2, 0.25) is 19.1 Å². The van der Waals surface area contributed by atoms with Crippen molar-refractivity contribution < 1.29 is 9.90 Å². The Morgan fingerprint density at radius 1 is 1.71 bits per heavy atom. The van der Waals surface area contributed by atoms with E-state index in [1.54, 1.807) is 0 Å². The van der Waals surface area contributed by atoms with Crippen molar-refractivity contribution in [3.05, 3.63) is 0 Å². The first-order valence-corrected chi connectivity index (χ1v) is 5.47. The molecule has 0 amide bonds. The largest absolute Gasteiger partial charge is 0.481 e. The van der Waals surface area contributed by atoms with E-state index in [4.69, 9.17) is 5.11 Å². The molecule has 0 saturated carbocycles. The Morgan fingerprint density at radius 3 is 2.14 bits per heavy atom. The highest BCUT2D eigenvalue weighted by molar-refractivity contribution is 6.59. The van der Waals surface area contributed by atoms with Gasteiger partial charge in [-0.2, -0.15) is 0 Å². The zero-order valence-corrected chi connectivity index (χ0v) is 5.79. The van der Waals surface area contributed by atoms with Crippen molar-refractivity contribution in [3.63, 3.8) is 0 Å². The van der Waals surface area contributed by atoms with Crippen LogP contribution in [-0.2, 0) is 4.79 Å². The van der Waals surface area contributed by atoms with Gasteiger partial charge in [-0.15, -0.1) is 0 Å². The molecule has 0 aliphatic carbocycles. The lowest BCUT2D eigenvalue weighted by Gasteiger charge is -1.92. The third-order valence-electron chi connectivity index (χ3n) is 0.583. The van der Waals surface area contributed by atoms with Gasteiger partial charge in [-0.1, -0.05) is 13.1 Å². The highest BCUT2D eigenvalue weighted by Gasteiger charge is 2.00. The molecule has 0 aliphatic rings. The van der Waals surface area contributed by atoms with Gasteiger partial charge in [0.1, 0.15) is 0 Å². The lowest BCUT2D eigenvalue weighted by atomic mass is 10.8. The second kappa shape index (κ2) is 2.79. The number of carboxylic acid groups (broad SMARTS) is 1. The van der Waals surface area contributed by atoms with E-state index >= 15 is 0 Å². The van der Waals surface area contributed by atoms with Crippen LogP contribution < -0.4 is 0 Å². The van der Waals surface area contributed by atoms with Crippen molar-refractivity contribution >= 4 is 14.8 Å². The molecule has 0 fully saturated rings. The first-order valence-electron chi connectivity index (χ1n) is 2.34. The number of hydrogen-bond donors (Lipinski definition) is 1. The van der Waals surface area contributed by atoms with Gasteiger partial charge in [-0.25, -0.2) is 0 Å². The molecule has 0 unspecified atom stereocenters. The summed E-state index contributed by atoms with van der Waals surface area (Å²) in [4.78, 5) is 9.84. The molecule has 0 aliphatic heterocycles. The van der Waals surface area contributed by atoms with E-state index in [2.05, 4.69) is 0 Å². The first-order chi connectivity index (χ1) is 3.13. The molecule has 0 heterocycles. The molecule has 2 nitrogen and oxygen atoms in total. The van der Waals surface area contributed by atoms with Crippen molar-refractivity contribution in [2.75, 3.05) is 0 Å². The molecule has 0 saturated heterocycles. The molecule has 0 aromatic carbocycles. The van der Waals surface area contributed by atoms with E-state index in [1.807, 2.05) is 13.1 Å². The Labute approximate surface area is 44.8 Å². The highest BCUT2D eigenvalue weighted by Crippen LogP contribution is 1.87. The first kappa shape index (κ1) is 6.69. The molecule has 3 heteroatoms. The third kappa shape index (κ3) is 5.69. The molecule has 0 radical (unpaired) electrons. The summed E-state index contributed by atoms with van der Waals surface area (Å²) in [6, 6.07) is 0.417. The summed E-state index contributed by atoms with van der Waals surface area (Å²) in [7, 11) is -0.828. The maximum Gasteiger partial charge on any atom is 0.300 e. The fourth-order valence-electron chi connectivity index (χ4n) is 0.349. The van der Waals surface area contributed by atoms with Crippen LogP contribution in [0.25, 0.3) is 0 Å². The molecular formula is C4H10O2Si. The number of carbonyl (C=O) groups is 1. The second-order valence-electron chi connectivity index (χ2n) is 1.99. The number of hydrogen-bond acceptors (Lipinski definition) is 1. The quantitative estimate of drug-likeness (QED) is 0.538. The van der Waals surface area contributed by atoms with Gasteiger partial charge in [0, 0.05) is 14.8 Å². The van der Waals surface area contributed by atoms with Crippen LogP contribution in [0.5, 0.6) is 0 Å². The van der Waals surface area contributed by atoms with Crippen LogP contribution >= 0.6 is 0 Å². The van der Waals surface area contributed by atoms with Crippen molar-refractivity contribution in [2.45, 2.75) is 19.1 Å². The smallest absolute Gasteiger partial charge is 0.300 e. The zero-order chi connectivity index (χ0) is 5.86. The fourth-order valence-corrected chi connectivity index (χ4v) is 1.05. The molecule has 0 spiro atoms. The molecule has 0 aromatic heterocycles. The minimum Gasteiger partial charge on any atom is -0.481 e. The Bertz CT molecular complexity index is 70.1. The summed E-state index contributed by atoms with van der Waals surface area (Å²) >= 11 is 0. The lowest BCUT2D eigenvalue weighted by Crippen LogP contribution is -2.06. The van der Waals surface area contributed by atoms with E-state index < -0.39 is 14.8 Å². The van der Waals surface area contributed by atoms with E-state index in [0.29, 0.717) is 6.04 Å². The average Bonchev–Trinajstić information content (AvgIpc) is 1.27. The minimum absolute atomic E-state index is 0.417. The molecule has 42 valence electrons. The molecule has 0 bridgehead atoms. The van der Waals surface area contributed by atoms with Crippen LogP contribution in [0, 0.1) is 0 Å². The standard InChI is InChI=1S/C4H10O2Si/c1-7(2)3-4(5)6/h7H,3H2,1-2H3,(H,5,6). The maximum atomic E-state index is 9.84. The van der Waals surface area contributed by atoms with Gasteiger partial charge in [0.15, 0.2) is 0 Å². The number of carboxylic acids is 1. The van der Waals surface area contributed by atoms with E-state index in [1.165, 1.54) is 0 Å². The van der Waals surface area contributed by atoms with Gasteiger partial charge in [-0.05, 0) is 0 Å². The molecule has 7 heavy (non-hydrogen) atoms. The number of aliphatic carboxylic acids is 1. The van der Waals surface area contributed by atoms with Crippen LogP contribution in [0.4, 0.5) is 0 Å². The summed E-state index contributed by atoms with van der Waals surface area (Å²) in [5.74, 6) is -0.651.